The molecule has 0 aliphatic carbocycles. The normalized spacial score (nSPS) is 39.8. The fourth-order valence-corrected chi connectivity index (χ4v) is 1.75. The molecule has 1 fully saturated rings. The van der Waals surface area contributed by atoms with Crippen LogP contribution in [-0.4, -0.2) is 52.4 Å². The highest BCUT2D eigenvalue weighted by atomic mass is 16.6. The first kappa shape index (κ1) is 10.5. The molecule has 1 aliphatic rings. The molecule has 0 bridgehead atoms. The second-order valence-corrected chi connectivity index (χ2v) is 4.10. The Morgan fingerprint density at radius 2 is 2.19 bits per heavy atom. The number of aliphatic hydroxyl groups excluding tert-OH is 3. The summed E-state index contributed by atoms with van der Waals surface area (Å²) in [6.07, 6.45) is -3.84. The maximum Gasteiger partial charge on any atom is 0.217 e. The van der Waals surface area contributed by atoms with Gasteiger partial charge in [0.25, 0.3) is 0 Å². The van der Waals surface area contributed by atoms with E-state index in [1.54, 1.807) is 0 Å². The van der Waals surface area contributed by atoms with Gasteiger partial charge in [-0.05, 0) is 0 Å². The second kappa shape index (κ2) is 4.67. The van der Waals surface area contributed by atoms with E-state index < -0.39 is 42.5 Å². The van der Waals surface area contributed by atoms with Crippen LogP contribution in [0.25, 0.3) is 0 Å². The predicted octanol–water partition coefficient (Wildman–Crippen LogP) is -1.41. The van der Waals surface area contributed by atoms with E-state index in [0.29, 0.717) is 0 Å². The third kappa shape index (κ3) is 2.35. The van der Waals surface area contributed by atoms with Crippen LogP contribution < -0.4 is 5.32 Å². The summed E-state index contributed by atoms with van der Waals surface area (Å²) in [5, 5.41) is 31.4. The van der Waals surface area contributed by atoms with E-state index in [1.165, 1.54) is 6.92 Å². The van der Waals surface area contributed by atoms with Crippen molar-refractivity contribution < 1.29 is 27.6 Å². The molecule has 1 saturated heterocycles. The zero-order chi connectivity index (χ0) is 13.9. The van der Waals surface area contributed by atoms with Gasteiger partial charge in [-0.15, -0.1) is 0 Å². The van der Waals surface area contributed by atoms with E-state index in [2.05, 4.69) is 5.32 Å². The van der Waals surface area contributed by atoms with Crippen molar-refractivity contribution in [2.45, 2.75) is 45.3 Å². The average molecular weight is 235 g/mol. The molecule has 4 atom stereocenters. The maximum absolute atomic E-state index is 11.1. The molecular formula is C10H19NO5. The van der Waals surface area contributed by atoms with Crippen molar-refractivity contribution in [3.63, 3.8) is 0 Å². The Hall–Kier alpha value is -0.690. The lowest BCUT2D eigenvalue weighted by molar-refractivity contribution is -0.260. The molecule has 1 rings (SSSR count). The van der Waals surface area contributed by atoms with Crippen molar-refractivity contribution >= 4 is 5.91 Å². The van der Waals surface area contributed by atoms with Gasteiger partial charge in [0.2, 0.25) is 5.91 Å². The predicted molar refractivity (Wildman–Crippen MR) is 55.4 cm³/mol. The summed E-state index contributed by atoms with van der Waals surface area (Å²) in [5.74, 6) is -0.455. The van der Waals surface area contributed by atoms with Crippen molar-refractivity contribution in [2.75, 3.05) is 6.61 Å². The summed E-state index contributed by atoms with van der Waals surface area (Å²) in [5.41, 5.74) is -1.36. The van der Waals surface area contributed by atoms with Crippen LogP contribution in [0, 0.1) is 5.41 Å². The molecule has 0 radical (unpaired) electrons. The number of aliphatic hydroxyl groups is 3. The van der Waals surface area contributed by atoms with E-state index in [-0.39, 0.29) is 13.8 Å². The second-order valence-electron chi connectivity index (χ2n) is 4.10. The number of nitrogens with one attached hydrogen (secondary N) is 1. The fraction of sp³-hybridized carbons (Fsp3) is 0.900. The summed E-state index contributed by atoms with van der Waals surface area (Å²) < 4.78 is 20.0. The van der Waals surface area contributed by atoms with Gasteiger partial charge in [-0.25, -0.2) is 0 Å². The zero-order valence-electron chi connectivity index (χ0n) is 11.1. The molecule has 1 heterocycles. The molecular weight excluding hydrogens is 214 g/mol. The minimum atomic E-state index is -1.47. The standard InChI is InChI=1S/C10H19NO5/c1-5(13)11-7-9(15)16-6(4-12)8(14)10(7,2)3/h6-9,12,14-15H,4H2,1-3H3,(H,11,13)/t6-,7-,8-,9?/m1/s1/i2D,3D. The number of rotatable bonds is 2. The van der Waals surface area contributed by atoms with Gasteiger partial charge in [-0.1, -0.05) is 13.8 Å². The van der Waals surface area contributed by atoms with Crippen LogP contribution in [0.15, 0.2) is 0 Å². The number of hydrogen-bond donors (Lipinski definition) is 4. The third-order valence-electron chi connectivity index (χ3n) is 2.70. The molecule has 6 nitrogen and oxygen atoms in total. The summed E-state index contributed by atoms with van der Waals surface area (Å²) in [7, 11) is 0. The van der Waals surface area contributed by atoms with Gasteiger partial charge in [0, 0.05) is 15.1 Å². The monoisotopic (exact) mass is 235 g/mol. The molecule has 94 valence electrons. The molecule has 0 aromatic carbocycles. The number of ether oxygens (including phenoxy) is 1. The average Bonchev–Trinajstić information content (AvgIpc) is 2.34. The number of hydrogen-bond acceptors (Lipinski definition) is 5. The number of carbonyl (C=O) groups is 1. The van der Waals surface area contributed by atoms with Crippen molar-refractivity contribution in [3.8, 4) is 0 Å². The molecule has 16 heavy (non-hydrogen) atoms. The fourth-order valence-electron chi connectivity index (χ4n) is 1.75. The summed E-state index contributed by atoms with van der Waals surface area (Å²) in [4.78, 5) is 11.1. The Bertz CT molecular complexity index is 300. The zero-order valence-corrected chi connectivity index (χ0v) is 9.09. The van der Waals surface area contributed by atoms with E-state index in [9.17, 15) is 15.0 Å². The summed E-state index contributed by atoms with van der Waals surface area (Å²) >= 11 is 0. The molecule has 4 N–H and O–H groups in total. The van der Waals surface area contributed by atoms with Crippen molar-refractivity contribution in [3.05, 3.63) is 0 Å². The highest BCUT2D eigenvalue weighted by molar-refractivity contribution is 5.73. The Morgan fingerprint density at radius 1 is 1.56 bits per heavy atom. The topological polar surface area (TPSA) is 99.0 Å². The highest BCUT2D eigenvalue weighted by Crippen LogP contribution is 2.35. The molecule has 1 amide bonds. The van der Waals surface area contributed by atoms with Crippen LogP contribution in [0.2, 0.25) is 0 Å². The van der Waals surface area contributed by atoms with E-state index in [0.717, 1.165) is 0 Å². The van der Waals surface area contributed by atoms with Crippen LogP contribution in [-0.2, 0) is 9.53 Å². The maximum atomic E-state index is 11.1. The Balaban J connectivity index is 3.08. The Morgan fingerprint density at radius 3 is 2.62 bits per heavy atom. The van der Waals surface area contributed by atoms with Crippen LogP contribution in [0.1, 0.15) is 23.5 Å². The first-order valence-corrected chi connectivity index (χ1v) is 4.91. The Labute approximate surface area is 97.0 Å². The molecule has 0 saturated carbocycles. The van der Waals surface area contributed by atoms with Gasteiger partial charge >= 0.3 is 0 Å². The SMILES string of the molecule is [2H]CC1(C[2H])[C@H](NC(C)=O)C(O)O[C@H](CO)[C@H]1O. The van der Waals surface area contributed by atoms with Crippen LogP contribution in [0.3, 0.4) is 0 Å². The van der Waals surface area contributed by atoms with E-state index in [1.807, 2.05) is 0 Å². The summed E-state index contributed by atoms with van der Waals surface area (Å²) in [6, 6.07) is -1.05. The lowest BCUT2D eigenvalue weighted by Gasteiger charge is -2.48. The van der Waals surface area contributed by atoms with E-state index >= 15 is 0 Å². The van der Waals surface area contributed by atoms with Crippen LogP contribution in [0.5, 0.6) is 0 Å². The quantitative estimate of drug-likeness (QED) is 0.471. The third-order valence-corrected chi connectivity index (χ3v) is 2.70. The minimum Gasteiger partial charge on any atom is -0.394 e. The molecule has 6 heteroatoms. The van der Waals surface area contributed by atoms with Crippen LogP contribution in [0.4, 0.5) is 0 Å². The first-order valence-electron chi connectivity index (χ1n) is 6.32. The first-order chi connectivity index (χ1) is 8.42. The van der Waals surface area contributed by atoms with Gasteiger partial charge < -0.3 is 25.4 Å². The van der Waals surface area contributed by atoms with Crippen molar-refractivity contribution in [2.24, 2.45) is 5.41 Å². The summed E-state index contributed by atoms with van der Waals surface area (Å²) in [6.45, 7) is -0.0539. The van der Waals surface area contributed by atoms with Gasteiger partial charge in [-0.2, -0.15) is 0 Å². The highest BCUT2D eigenvalue weighted by Gasteiger charge is 2.50. The van der Waals surface area contributed by atoms with Crippen LogP contribution >= 0.6 is 0 Å². The lowest BCUT2D eigenvalue weighted by Crippen LogP contribution is -2.65. The van der Waals surface area contributed by atoms with Gasteiger partial charge in [0.1, 0.15) is 6.10 Å². The van der Waals surface area contributed by atoms with Crippen molar-refractivity contribution in [1.82, 2.24) is 5.32 Å². The number of carbonyl (C=O) groups excluding carboxylic acids is 1. The number of amides is 1. The lowest BCUT2D eigenvalue weighted by atomic mass is 9.74. The largest absolute Gasteiger partial charge is 0.394 e. The molecule has 0 aromatic heterocycles. The smallest absolute Gasteiger partial charge is 0.217 e. The Kier molecular flexibility index (Phi) is 3.05. The van der Waals surface area contributed by atoms with Crippen molar-refractivity contribution in [1.29, 1.82) is 0 Å². The van der Waals surface area contributed by atoms with Gasteiger partial charge in [-0.3, -0.25) is 4.79 Å². The minimum absolute atomic E-state index is 0.375. The molecule has 0 aromatic rings. The van der Waals surface area contributed by atoms with Gasteiger partial charge in [0.05, 0.1) is 18.8 Å². The molecule has 1 aliphatic heterocycles. The molecule has 1 unspecified atom stereocenters. The van der Waals surface area contributed by atoms with E-state index in [4.69, 9.17) is 12.6 Å². The molecule has 0 spiro atoms. The van der Waals surface area contributed by atoms with Gasteiger partial charge in [0.15, 0.2) is 6.29 Å².